The number of aromatic amines is 1. The van der Waals surface area contributed by atoms with Crippen LogP contribution >= 0.6 is 11.6 Å². The third kappa shape index (κ3) is 2.38. The molecule has 2 rings (SSSR count). The largest absolute Gasteiger partial charge is 0.456 e. The summed E-state index contributed by atoms with van der Waals surface area (Å²) in [7, 11) is 0. The predicted molar refractivity (Wildman–Crippen MR) is 57.0 cm³/mol. The van der Waals surface area contributed by atoms with Crippen LogP contribution in [0.3, 0.4) is 0 Å². The van der Waals surface area contributed by atoms with Crippen molar-refractivity contribution in [2.75, 3.05) is 0 Å². The first-order valence-electron chi connectivity index (χ1n) is 4.53. The first kappa shape index (κ1) is 10.6. The number of hydrogen-bond donors (Lipinski definition) is 1. The van der Waals surface area contributed by atoms with Gasteiger partial charge < -0.3 is 4.74 Å². The van der Waals surface area contributed by atoms with Gasteiger partial charge in [-0.3, -0.25) is 0 Å². The zero-order chi connectivity index (χ0) is 11.4. The molecule has 0 radical (unpaired) electrons. The number of nitrogens with zero attached hydrogens (tertiary/aromatic N) is 2. The average Bonchev–Trinajstić information content (AvgIpc) is 2.81. The summed E-state index contributed by atoms with van der Waals surface area (Å²) in [4.78, 5) is 11.4. The Morgan fingerprint density at radius 3 is 2.94 bits per heavy atom. The van der Waals surface area contributed by atoms with E-state index in [4.69, 9.17) is 16.3 Å². The second-order valence-corrected chi connectivity index (χ2v) is 3.43. The molecule has 0 aliphatic rings. The lowest BCUT2D eigenvalue weighted by Gasteiger charge is -2.04. The first-order valence-corrected chi connectivity index (χ1v) is 4.91. The van der Waals surface area contributed by atoms with Crippen molar-refractivity contribution in [3.05, 3.63) is 46.7 Å². The number of esters is 1. The summed E-state index contributed by atoms with van der Waals surface area (Å²) in [6.07, 6.45) is 1.30. The second kappa shape index (κ2) is 4.76. The molecule has 0 unspecified atom stereocenters. The van der Waals surface area contributed by atoms with E-state index in [0.29, 0.717) is 5.02 Å². The minimum Gasteiger partial charge on any atom is -0.456 e. The van der Waals surface area contributed by atoms with E-state index in [9.17, 15) is 4.79 Å². The second-order valence-electron chi connectivity index (χ2n) is 3.02. The number of nitrogens with one attached hydrogen (secondary N) is 1. The smallest absolute Gasteiger partial charge is 0.360 e. The quantitative estimate of drug-likeness (QED) is 0.827. The zero-order valence-electron chi connectivity index (χ0n) is 8.18. The molecule has 0 bridgehead atoms. The molecule has 82 valence electrons. The van der Waals surface area contributed by atoms with E-state index >= 15 is 0 Å². The highest BCUT2D eigenvalue weighted by Gasteiger charge is 2.10. The fourth-order valence-corrected chi connectivity index (χ4v) is 1.32. The van der Waals surface area contributed by atoms with Gasteiger partial charge in [0.1, 0.15) is 6.61 Å². The Labute approximate surface area is 96.4 Å². The maximum absolute atomic E-state index is 11.4. The van der Waals surface area contributed by atoms with Crippen LogP contribution in [0, 0.1) is 0 Å². The van der Waals surface area contributed by atoms with E-state index in [1.54, 1.807) is 12.1 Å². The van der Waals surface area contributed by atoms with Gasteiger partial charge in [0.2, 0.25) is 0 Å². The van der Waals surface area contributed by atoms with E-state index in [1.807, 2.05) is 12.1 Å². The van der Waals surface area contributed by atoms with Crippen molar-refractivity contribution in [3.63, 3.8) is 0 Å². The molecule has 0 aliphatic heterocycles. The first-order chi connectivity index (χ1) is 7.77. The fourth-order valence-electron chi connectivity index (χ4n) is 1.13. The van der Waals surface area contributed by atoms with Crippen LogP contribution < -0.4 is 0 Å². The van der Waals surface area contributed by atoms with Crippen molar-refractivity contribution in [1.82, 2.24) is 15.4 Å². The van der Waals surface area contributed by atoms with Crippen molar-refractivity contribution in [2.24, 2.45) is 0 Å². The normalized spacial score (nSPS) is 10.1. The lowest BCUT2D eigenvalue weighted by molar-refractivity contribution is 0.0466. The summed E-state index contributed by atoms with van der Waals surface area (Å²) < 4.78 is 5.01. The number of hydrogen-bond acceptors (Lipinski definition) is 4. The van der Waals surface area contributed by atoms with Gasteiger partial charge in [-0.25, -0.2) is 4.79 Å². The Morgan fingerprint density at radius 2 is 2.25 bits per heavy atom. The predicted octanol–water partition coefficient (Wildman–Crippen LogP) is 1.82. The van der Waals surface area contributed by atoms with Crippen molar-refractivity contribution in [1.29, 1.82) is 0 Å². The van der Waals surface area contributed by atoms with Crippen LogP contribution in [-0.4, -0.2) is 21.4 Å². The molecule has 0 spiro atoms. The Hall–Kier alpha value is -1.88. The number of ether oxygens (including phenoxy) is 1. The number of halogens is 1. The molecule has 1 aromatic carbocycles. The number of carbonyl (C=O) groups excluding carboxylic acids is 1. The lowest BCUT2D eigenvalue weighted by Crippen LogP contribution is -2.05. The molecule has 0 fully saturated rings. The van der Waals surface area contributed by atoms with Crippen LogP contribution in [0.5, 0.6) is 0 Å². The van der Waals surface area contributed by atoms with E-state index in [1.165, 1.54) is 6.20 Å². The van der Waals surface area contributed by atoms with Gasteiger partial charge in [-0.15, -0.1) is 5.10 Å². The summed E-state index contributed by atoms with van der Waals surface area (Å²) in [5, 5.41) is 10.0. The molecule has 1 heterocycles. The Morgan fingerprint density at radius 1 is 1.44 bits per heavy atom. The van der Waals surface area contributed by atoms with Crippen molar-refractivity contribution >= 4 is 17.6 Å². The minimum atomic E-state index is -0.534. The van der Waals surface area contributed by atoms with E-state index in [-0.39, 0.29) is 12.3 Å². The Kier molecular flexibility index (Phi) is 3.16. The maximum Gasteiger partial charge on any atom is 0.360 e. The molecular weight excluding hydrogens is 230 g/mol. The van der Waals surface area contributed by atoms with Crippen molar-refractivity contribution in [2.45, 2.75) is 6.61 Å². The van der Waals surface area contributed by atoms with Gasteiger partial charge in [-0.2, -0.15) is 10.3 Å². The molecule has 16 heavy (non-hydrogen) atoms. The molecule has 1 aromatic heterocycles. The topological polar surface area (TPSA) is 67.9 Å². The summed E-state index contributed by atoms with van der Waals surface area (Å²) in [5.74, 6) is -0.534. The molecular formula is C10H8ClN3O2. The van der Waals surface area contributed by atoms with Gasteiger partial charge in [0.25, 0.3) is 0 Å². The number of rotatable bonds is 3. The third-order valence-electron chi connectivity index (χ3n) is 1.94. The van der Waals surface area contributed by atoms with Crippen molar-refractivity contribution in [3.8, 4) is 0 Å². The standard InChI is InChI=1S/C10H8ClN3O2/c11-8-4-2-1-3-7(8)6-16-10(15)9-5-12-14-13-9/h1-5H,6H2,(H,12,13,14). The number of carbonyl (C=O) groups is 1. The molecule has 0 aliphatic carbocycles. The van der Waals surface area contributed by atoms with Crippen LogP contribution in [0.15, 0.2) is 30.5 Å². The minimum absolute atomic E-state index is 0.116. The highest BCUT2D eigenvalue weighted by atomic mass is 35.5. The lowest BCUT2D eigenvalue weighted by atomic mass is 10.2. The Bertz CT molecular complexity index is 485. The van der Waals surface area contributed by atoms with E-state index in [2.05, 4.69) is 15.4 Å². The maximum atomic E-state index is 11.4. The summed E-state index contributed by atoms with van der Waals surface area (Å²) in [5.41, 5.74) is 0.896. The fraction of sp³-hybridized carbons (Fsp3) is 0.100. The summed E-state index contributed by atoms with van der Waals surface area (Å²) in [6.45, 7) is 0.116. The molecule has 5 nitrogen and oxygen atoms in total. The average molecular weight is 238 g/mol. The highest BCUT2D eigenvalue weighted by Crippen LogP contribution is 2.16. The Balaban J connectivity index is 1.98. The van der Waals surface area contributed by atoms with E-state index in [0.717, 1.165) is 5.56 Å². The van der Waals surface area contributed by atoms with Gasteiger partial charge in [0.05, 0.1) is 6.20 Å². The summed E-state index contributed by atoms with van der Waals surface area (Å²) >= 11 is 5.91. The number of H-pyrrole nitrogens is 1. The number of benzene rings is 1. The molecule has 0 atom stereocenters. The highest BCUT2D eigenvalue weighted by molar-refractivity contribution is 6.31. The molecule has 2 aromatic rings. The van der Waals surface area contributed by atoms with Gasteiger partial charge in [-0.05, 0) is 6.07 Å². The molecule has 1 N–H and O–H groups in total. The van der Waals surface area contributed by atoms with Gasteiger partial charge >= 0.3 is 5.97 Å². The SMILES string of the molecule is O=C(OCc1ccccc1Cl)c1cn[nH]n1. The van der Waals surface area contributed by atoms with Crippen LogP contribution in [0.1, 0.15) is 16.1 Å². The van der Waals surface area contributed by atoms with Crippen LogP contribution in [-0.2, 0) is 11.3 Å². The zero-order valence-corrected chi connectivity index (χ0v) is 8.94. The van der Waals surface area contributed by atoms with Crippen LogP contribution in [0.4, 0.5) is 0 Å². The molecule has 0 saturated carbocycles. The molecule has 0 amide bonds. The summed E-state index contributed by atoms with van der Waals surface area (Å²) in [6, 6.07) is 7.16. The molecule has 6 heteroatoms. The molecule has 0 saturated heterocycles. The number of aromatic nitrogens is 3. The van der Waals surface area contributed by atoms with Gasteiger partial charge in [-0.1, -0.05) is 29.8 Å². The van der Waals surface area contributed by atoms with Gasteiger partial charge in [0.15, 0.2) is 5.69 Å². The van der Waals surface area contributed by atoms with Gasteiger partial charge in [0, 0.05) is 10.6 Å². The van der Waals surface area contributed by atoms with E-state index < -0.39 is 5.97 Å². The van der Waals surface area contributed by atoms with Crippen molar-refractivity contribution < 1.29 is 9.53 Å². The third-order valence-corrected chi connectivity index (χ3v) is 2.31. The van der Waals surface area contributed by atoms with Crippen LogP contribution in [0.2, 0.25) is 5.02 Å². The monoisotopic (exact) mass is 237 g/mol. The van der Waals surface area contributed by atoms with Crippen LogP contribution in [0.25, 0.3) is 0 Å².